The summed E-state index contributed by atoms with van der Waals surface area (Å²) < 4.78 is 0. The van der Waals surface area contributed by atoms with Crippen LogP contribution in [0, 0.1) is 11.8 Å². The van der Waals surface area contributed by atoms with Gasteiger partial charge in [0.05, 0.1) is 0 Å². The van der Waals surface area contributed by atoms with Crippen molar-refractivity contribution in [1.82, 2.24) is 0 Å². The van der Waals surface area contributed by atoms with E-state index < -0.39 is 0 Å². The van der Waals surface area contributed by atoms with E-state index in [9.17, 15) is 4.79 Å². The molecule has 0 aromatic carbocycles. The molecule has 0 saturated heterocycles. The minimum absolute atomic E-state index is 0.0532. The molecule has 1 rings (SSSR count). The fraction of sp³-hybridized carbons (Fsp3) is 0.800. The average Bonchev–Trinajstić information content (AvgIpc) is 2.40. The first-order valence-corrected chi connectivity index (χ1v) is 2.72. The van der Waals surface area contributed by atoms with Crippen LogP contribution in [0.15, 0.2) is 0 Å². The third-order valence-corrected chi connectivity index (χ3v) is 1.72. The van der Waals surface area contributed by atoms with E-state index in [1.54, 1.807) is 0 Å². The van der Waals surface area contributed by atoms with Crippen molar-refractivity contribution in [1.29, 1.82) is 0 Å². The average molecular weight is 114 g/mol. The van der Waals surface area contributed by atoms with Crippen LogP contribution in [0.5, 0.6) is 0 Å². The molecule has 0 aromatic rings. The molecule has 0 aliphatic heterocycles. The molecule has 46 valence electrons. The third kappa shape index (κ3) is 0.638. The molecular weight excluding hydrogens is 104 g/mol. The van der Waals surface area contributed by atoms with Crippen molar-refractivity contribution >= 4 is 6.29 Å². The summed E-state index contributed by atoms with van der Waals surface area (Å²) in [6.07, 6.45) is 0.891. The van der Waals surface area contributed by atoms with Gasteiger partial charge in [0.2, 0.25) is 0 Å². The maximum Gasteiger partial charge on any atom is 0.125 e. The summed E-state index contributed by atoms with van der Waals surface area (Å²) in [6.45, 7) is 0.546. The van der Waals surface area contributed by atoms with E-state index in [4.69, 9.17) is 11.5 Å². The SMILES string of the molecule is NCC1C(N)C1C=O. The fourth-order valence-corrected chi connectivity index (χ4v) is 0.934. The van der Waals surface area contributed by atoms with Crippen molar-refractivity contribution in [2.24, 2.45) is 23.3 Å². The van der Waals surface area contributed by atoms with Crippen molar-refractivity contribution in [3.63, 3.8) is 0 Å². The number of hydrogen-bond acceptors (Lipinski definition) is 3. The Hall–Kier alpha value is -0.410. The van der Waals surface area contributed by atoms with Gasteiger partial charge in [-0.2, -0.15) is 0 Å². The lowest BCUT2D eigenvalue weighted by Crippen LogP contribution is -2.09. The molecule has 1 saturated carbocycles. The maximum atomic E-state index is 10.0. The van der Waals surface area contributed by atoms with Crippen molar-refractivity contribution in [2.75, 3.05) is 6.54 Å². The Balaban J connectivity index is 2.33. The summed E-state index contributed by atoms with van der Waals surface area (Å²) in [6, 6.07) is 0.0532. The van der Waals surface area contributed by atoms with Crippen LogP contribution in [0.25, 0.3) is 0 Å². The van der Waals surface area contributed by atoms with Crippen molar-refractivity contribution in [3.05, 3.63) is 0 Å². The van der Waals surface area contributed by atoms with Gasteiger partial charge in [-0.05, 0) is 12.5 Å². The second-order valence-corrected chi connectivity index (χ2v) is 2.19. The molecule has 0 aromatic heterocycles. The lowest BCUT2D eigenvalue weighted by atomic mass is 10.3. The van der Waals surface area contributed by atoms with Crippen molar-refractivity contribution < 1.29 is 4.79 Å². The van der Waals surface area contributed by atoms with Crippen LogP contribution in [-0.4, -0.2) is 18.9 Å². The van der Waals surface area contributed by atoms with Gasteiger partial charge < -0.3 is 16.3 Å². The summed E-state index contributed by atoms with van der Waals surface area (Å²) in [4.78, 5) is 10.0. The highest BCUT2D eigenvalue weighted by Gasteiger charge is 2.45. The quantitative estimate of drug-likeness (QED) is 0.439. The van der Waals surface area contributed by atoms with Gasteiger partial charge in [0.15, 0.2) is 0 Å². The van der Waals surface area contributed by atoms with Crippen molar-refractivity contribution in [2.45, 2.75) is 6.04 Å². The van der Waals surface area contributed by atoms with Gasteiger partial charge in [0.1, 0.15) is 6.29 Å². The van der Waals surface area contributed by atoms with Gasteiger partial charge in [0.25, 0.3) is 0 Å². The van der Waals surface area contributed by atoms with E-state index in [0.29, 0.717) is 6.54 Å². The molecule has 4 N–H and O–H groups in total. The van der Waals surface area contributed by atoms with Crippen LogP contribution in [0.4, 0.5) is 0 Å². The fourth-order valence-electron chi connectivity index (χ4n) is 0.934. The zero-order valence-electron chi connectivity index (χ0n) is 4.58. The van der Waals surface area contributed by atoms with E-state index in [1.165, 1.54) is 0 Å². The summed E-state index contributed by atoms with van der Waals surface area (Å²) in [5.74, 6) is 0.326. The minimum atomic E-state index is 0.0532. The first kappa shape index (κ1) is 5.72. The van der Waals surface area contributed by atoms with Crippen LogP contribution >= 0.6 is 0 Å². The van der Waals surface area contributed by atoms with Crippen LogP contribution < -0.4 is 11.5 Å². The van der Waals surface area contributed by atoms with Gasteiger partial charge in [-0.15, -0.1) is 0 Å². The highest BCUT2D eigenvalue weighted by Crippen LogP contribution is 2.33. The Kier molecular flexibility index (Phi) is 1.31. The minimum Gasteiger partial charge on any atom is -0.330 e. The zero-order chi connectivity index (χ0) is 6.15. The predicted molar refractivity (Wildman–Crippen MR) is 30.1 cm³/mol. The number of rotatable bonds is 2. The van der Waals surface area contributed by atoms with E-state index in [2.05, 4.69) is 0 Å². The van der Waals surface area contributed by atoms with Crippen LogP contribution in [0.3, 0.4) is 0 Å². The number of aldehydes is 1. The Bertz CT molecular complexity index is 105. The predicted octanol–water partition coefficient (Wildman–Crippen LogP) is -1.28. The van der Waals surface area contributed by atoms with Gasteiger partial charge in [-0.25, -0.2) is 0 Å². The molecule has 3 atom stereocenters. The Morgan fingerprint density at radius 1 is 1.62 bits per heavy atom. The monoisotopic (exact) mass is 114 g/mol. The van der Waals surface area contributed by atoms with Crippen LogP contribution in [0.1, 0.15) is 0 Å². The second-order valence-electron chi connectivity index (χ2n) is 2.19. The first-order valence-electron chi connectivity index (χ1n) is 2.72. The molecular formula is C5H10N2O. The molecule has 0 spiro atoms. The Morgan fingerprint density at radius 2 is 2.25 bits per heavy atom. The maximum absolute atomic E-state index is 10.0. The summed E-state index contributed by atoms with van der Waals surface area (Å²) >= 11 is 0. The van der Waals surface area contributed by atoms with Crippen LogP contribution in [-0.2, 0) is 4.79 Å². The molecule has 1 aliphatic carbocycles. The number of nitrogens with two attached hydrogens (primary N) is 2. The normalized spacial score (nSPS) is 44.0. The van der Waals surface area contributed by atoms with Crippen molar-refractivity contribution in [3.8, 4) is 0 Å². The molecule has 3 nitrogen and oxygen atoms in total. The third-order valence-electron chi connectivity index (χ3n) is 1.72. The smallest absolute Gasteiger partial charge is 0.125 e. The summed E-state index contributed by atoms with van der Waals surface area (Å²) in [5.41, 5.74) is 10.7. The summed E-state index contributed by atoms with van der Waals surface area (Å²) in [7, 11) is 0. The molecule has 3 heteroatoms. The lowest BCUT2D eigenvalue weighted by molar-refractivity contribution is -0.109. The largest absolute Gasteiger partial charge is 0.330 e. The van der Waals surface area contributed by atoms with Gasteiger partial charge in [-0.3, -0.25) is 0 Å². The van der Waals surface area contributed by atoms with E-state index in [1.807, 2.05) is 0 Å². The molecule has 1 fully saturated rings. The highest BCUT2D eigenvalue weighted by molar-refractivity contribution is 5.60. The van der Waals surface area contributed by atoms with E-state index in [-0.39, 0.29) is 17.9 Å². The zero-order valence-corrected chi connectivity index (χ0v) is 4.58. The molecule has 3 unspecified atom stereocenters. The Morgan fingerprint density at radius 3 is 2.38 bits per heavy atom. The molecule has 0 radical (unpaired) electrons. The van der Waals surface area contributed by atoms with Gasteiger partial charge in [0, 0.05) is 12.0 Å². The van der Waals surface area contributed by atoms with Gasteiger partial charge in [-0.1, -0.05) is 0 Å². The number of hydrogen-bond donors (Lipinski definition) is 2. The number of carbonyl (C=O) groups is 1. The Labute approximate surface area is 48.0 Å². The summed E-state index contributed by atoms with van der Waals surface area (Å²) in [5, 5.41) is 0. The lowest BCUT2D eigenvalue weighted by Gasteiger charge is -1.81. The van der Waals surface area contributed by atoms with E-state index >= 15 is 0 Å². The molecule has 1 aliphatic rings. The topological polar surface area (TPSA) is 69.1 Å². The van der Waals surface area contributed by atoms with E-state index in [0.717, 1.165) is 6.29 Å². The molecule has 8 heavy (non-hydrogen) atoms. The molecule has 0 heterocycles. The first-order chi connectivity index (χ1) is 3.81. The van der Waals surface area contributed by atoms with Crippen LogP contribution in [0.2, 0.25) is 0 Å². The number of carbonyl (C=O) groups excluding carboxylic acids is 1. The standard InChI is InChI=1S/C5H10N2O/c6-1-3-4(2-8)5(3)7/h2-5H,1,6-7H2. The van der Waals surface area contributed by atoms with Gasteiger partial charge >= 0.3 is 0 Å². The molecule has 0 amide bonds. The highest BCUT2D eigenvalue weighted by atomic mass is 16.1. The molecule has 0 bridgehead atoms. The second kappa shape index (κ2) is 1.84.